The predicted octanol–water partition coefficient (Wildman–Crippen LogP) is 4.30. The minimum absolute atomic E-state index is 0.168. The fourth-order valence-corrected chi connectivity index (χ4v) is 1.95. The molecule has 0 aromatic heterocycles. The Morgan fingerprint density at radius 3 is 2.17 bits per heavy atom. The van der Waals surface area contributed by atoms with Crippen LogP contribution in [0.3, 0.4) is 0 Å². The third-order valence-electron chi connectivity index (χ3n) is 2.63. The maximum Gasteiger partial charge on any atom is 0.165 e. The van der Waals surface area contributed by atoms with Gasteiger partial charge in [0.1, 0.15) is 5.82 Å². The van der Waals surface area contributed by atoms with Crippen molar-refractivity contribution in [2.75, 3.05) is 7.11 Å². The van der Waals surface area contributed by atoms with Crippen molar-refractivity contribution in [2.45, 2.75) is 5.38 Å². The molecule has 0 heterocycles. The molecule has 0 saturated heterocycles. The summed E-state index contributed by atoms with van der Waals surface area (Å²) in [5, 5.41) is -0.522. The van der Waals surface area contributed by atoms with Gasteiger partial charge in [-0.05, 0) is 35.4 Å². The van der Waals surface area contributed by atoms with Crippen molar-refractivity contribution in [3.8, 4) is 5.75 Å². The minimum Gasteiger partial charge on any atom is -0.494 e. The van der Waals surface area contributed by atoms with E-state index in [0.717, 1.165) is 0 Å². The summed E-state index contributed by atoms with van der Waals surface area (Å²) in [5.74, 6) is -0.631. The molecule has 0 radical (unpaired) electrons. The lowest BCUT2D eigenvalue weighted by Crippen LogP contribution is -1.96. The van der Waals surface area contributed by atoms with Gasteiger partial charge in [0.25, 0.3) is 0 Å². The molecule has 94 valence electrons. The van der Waals surface area contributed by atoms with Crippen LogP contribution in [0, 0.1) is 11.6 Å². The van der Waals surface area contributed by atoms with Crippen LogP contribution in [0.5, 0.6) is 5.75 Å². The molecule has 18 heavy (non-hydrogen) atoms. The SMILES string of the molecule is COc1ccc(C(Cl)c2ccc(F)cc2)cc1F. The van der Waals surface area contributed by atoms with Gasteiger partial charge in [0.2, 0.25) is 0 Å². The molecule has 1 nitrogen and oxygen atoms in total. The average Bonchev–Trinajstić information content (AvgIpc) is 2.38. The summed E-state index contributed by atoms with van der Waals surface area (Å²) in [6.45, 7) is 0. The first-order valence-corrected chi connectivity index (χ1v) is 5.78. The zero-order valence-corrected chi connectivity index (χ0v) is 10.4. The van der Waals surface area contributed by atoms with Gasteiger partial charge in [0.05, 0.1) is 12.5 Å². The van der Waals surface area contributed by atoms with Gasteiger partial charge in [-0.25, -0.2) is 8.78 Å². The van der Waals surface area contributed by atoms with Crippen molar-refractivity contribution in [3.63, 3.8) is 0 Å². The minimum atomic E-state index is -0.522. The van der Waals surface area contributed by atoms with Crippen LogP contribution >= 0.6 is 11.6 Å². The second-order valence-electron chi connectivity index (χ2n) is 3.81. The lowest BCUT2D eigenvalue weighted by atomic mass is 10.0. The molecule has 0 aliphatic heterocycles. The molecular formula is C14H11ClF2O. The van der Waals surface area contributed by atoms with Crippen molar-refractivity contribution in [3.05, 3.63) is 65.2 Å². The Hall–Kier alpha value is -1.61. The maximum atomic E-state index is 13.5. The third kappa shape index (κ3) is 2.62. The van der Waals surface area contributed by atoms with Crippen LogP contribution in [0.1, 0.15) is 16.5 Å². The fraction of sp³-hybridized carbons (Fsp3) is 0.143. The molecule has 1 unspecified atom stereocenters. The van der Waals surface area contributed by atoms with Crippen molar-refractivity contribution in [2.24, 2.45) is 0 Å². The standard InChI is InChI=1S/C14H11ClF2O/c1-18-13-7-4-10(8-12(13)17)14(15)9-2-5-11(16)6-3-9/h2-8,14H,1H3. The van der Waals surface area contributed by atoms with E-state index in [1.165, 1.54) is 31.4 Å². The predicted molar refractivity (Wildman–Crippen MR) is 67.0 cm³/mol. The fourth-order valence-electron chi connectivity index (χ4n) is 1.66. The Kier molecular flexibility index (Phi) is 3.82. The van der Waals surface area contributed by atoms with E-state index in [9.17, 15) is 8.78 Å². The van der Waals surface area contributed by atoms with E-state index in [4.69, 9.17) is 16.3 Å². The van der Waals surface area contributed by atoms with Crippen LogP contribution in [-0.4, -0.2) is 7.11 Å². The smallest absolute Gasteiger partial charge is 0.165 e. The summed E-state index contributed by atoms with van der Waals surface area (Å²) in [6, 6.07) is 10.3. The Bertz CT molecular complexity index is 540. The van der Waals surface area contributed by atoms with Crippen LogP contribution in [0.15, 0.2) is 42.5 Å². The molecule has 0 N–H and O–H groups in total. The van der Waals surface area contributed by atoms with E-state index in [1.807, 2.05) is 0 Å². The topological polar surface area (TPSA) is 9.23 Å². The number of rotatable bonds is 3. The van der Waals surface area contributed by atoms with E-state index < -0.39 is 11.2 Å². The average molecular weight is 269 g/mol. The van der Waals surface area contributed by atoms with Gasteiger partial charge in [0, 0.05) is 0 Å². The summed E-state index contributed by atoms with van der Waals surface area (Å²) in [6.07, 6.45) is 0. The highest BCUT2D eigenvalue weighted by molar-refractivity contribution is 6.22. The molecule has 2 aromatic rings. The zero-order chi connectivity index (χ0) is 13.1. The molecular weight excluding hydrogens is 258 g/mol. The van der Waals surface area contributed by atoms with Crippen LogP contribution in [-0.2, 0) is 0 Å². The molecule has 0 amide bonds. The Morgan fingerprint density at radius 2 is 1.61 bits per heavy atom. The molecule has 2 rings (SSSR count). The van der Waals surface area contributed by atoms with E-state index in [0.29, 0.717) is 11.1 Å². The highest BCUT2D eigenvalue weighted by atomic mass is 35.5. The first kappa shape index (κ1) is 12.8. The molecule has 0 bridgehead atoms. The number of hydrogen-bond acceptors (Lipinski definition) is 1. The highest BCUT2D eigenvalue weighted by Crippen LogP contribution is 2.31. The zero-order valence-electron chi connectivity index (χ0n) is 9.66. The van der Waals surface area contributed by atoms with Gasteiger partial charge >= 0.3 is 0 Å². The highest BCUT2D eigenvalue weighted by Gasteiger charge is 2.13. The number of halogens is 3. The second kappa shape index (κ2) is 5.36. The van der Waals surface area contributed by atoms with E-state index in [1.54, 1.807) is 18.2 Å². The summed E-state index contributed by atoms with van der Waals surface area (Å²) in [5.41, 5.74) is 1.31. The molecule has 1 atom stereocenters. The van der Waals surface area contributed by atoms with Gasteiger partial charge in [-0.3, -0.25) is 0 Å². The van der Waals surface area contributed by atoms with Crippen molar-refractivity contribution in [1.82, 2.24) is 0 Å². The Balaban J connectivity index is 2.31. The van der Waals surface area contributed by atoms with Gasteiger partial charge in [0.15, 0.2) is 11.6 Å². The molecule has 0 saturated carbocycles. The van der Waals surface area contributed by atoms with Crippen molar-refractivity contribution >= 4 is 11.6 Å². The maximum absolute atomic E-state index is 13.5. The summed E-state index contributed by atoms with van der Waals surface area (Å²) in [7, 11) is 1.40. The van der Waals surface area contributed by atoms with Crippen LogP contribution < -0.4 is 4.74 Å². The number of alkyl halides is 1. The second-order valence-corrected chi connectivity index (χ2v) is 4.24. The van der Waals surface area contributed by atoms with Gasteiger partial charge in [-0.1, -0.05) is 18.2 Å². The lowest BCUT2D eigenvalue weighted by Gasteiger charge is -2.11. The molecule has 0 fully saturated rings. The summed E-state index contributed by atoms with van der Waals surface area (Å²) in [4.78, 5) is 0. The Labute approximate surface area is 109 Å². The van der Waals surface area contributed by atoms with Gasteiger partial charge < -0.3 is 4.74 Å². The molecule has 0 aliphatic carbocycles. The van der Waals surface area contributed by atoms with Gasteiger partial charge in [-0.15, -0.1) is 11.6 Å². The van der Waals surface area contributed by atoms with Crippen LogP contribution in [0.2, 0.25) is 0 Å². The Morgan fingerprint density at radius 1 is 1.00 bits per heavy atom. The molecule has 2 aromatic carbocycles. The number of methoxy groups -OCH3 is 1. The lowest BCUT2D eigenvalue weighted by molar-refractivity contribution is 0.386. The molecule has 0 spiro atoms. The van der Waals surface area contributed by atoms with E-state index in [2.05, 4.69) is 0 Å². The number of hydrogen-bond donors (Lipinski definition) is 0. The number of benzene rings is 2. The van der Waals surface area contributed by atoms with Crippen molar-refractivity contribution in [1.29, 1.82) is 0 Å². The first-order chi connectivity index (χ1) is 8.61. The monoisotopic (exact) mass is 268 g/mol. The van der Waals surface area contributed by atoms with Crippen LogP contribution in [0.25, 0.3) is 0 Å². The van der Waals surface area contributed by atoms with Crippen LogP contribution in [0.4, 0.5) is 8.78 Å². The summed E-state index contributed by atoms with van der Waals surface area (Å²) >= 11 is 6.22. The van der Waals surface area contributed by atoms with Gasteiger partial charge in [-0.2, -0.15) is 0 Å². The largest absolute Gasteiger partial charge is 0.494 e. The molecule has 0 aliphatic rings. The molecule has 4 heteroatoms. The summed E-state index contributed by atoms with van der Waals surface area (Å²) < 4.78 is 31.2. The van der Waals surface area contributed by atoms with E-state index in [-0.39, 0.29) is 11.6 Å². The number of ether oxygens (including phenoxy) is 1. The normalized spacial score (nSPS) is 12.2. The third-order valence-corrected chi connectivity index (χ3v) is 3.14. The quantitative estimate of drug-likeness (QED) is 0.754. The van der Waals surface area contributed by atoms with Crippen molar-refractivity contribution < 1.29 is 13.5 Å². The first-order valence-electron chi connectivity index (χ1n) is 5.35. The van der Waals surface area contributed by atoms with E-state index >= 15 is 0 Å².